The summed E-state index contributed by atoms with van der Waals surface area (Å²) in [7, 11) is -0.895. The Morgan fingerprint density at radius 1 is 1.16 bits per heavy atom. The zero-order valence-corrected chi connectivity index (χ0v) is 18.9. The van der Waals surface area contributed by atoms with Crippen molar-refractivity contribution in [2.75, 3.05) is 11.5 Å². The van der Waals surface area contributed by atoms with Crippen LogP contribution in [0.3, 0.4) is 0 Å². The molecule has 2 aliphatic rings. The molecule has 2 heterocycles. The fourth-order valence-electron chi connectivity index (χ4n) is 3.68. The Bertz CT molecular complexity index is 1130. The van der Waals surface area contributed by atoms with E-state index in [0.29, 0.717) is 28.2 Å². The summed E-state index contributed by atoms with van der Waals surface area (Å²) in [6, 6.07) is 7.83. The molecule has 32 heavy (non-hydrogen) atoms. The van der Waals surface area contributed by atoms with Gasteiger partial charge in [0, 0.05) is 43.5 Å². The number of rotatable bonds is 4. The Morgan fingerprint density at radius 2 is 1.81 bits per heavy atom. The van der Waals surface area contributed by atoms with Crippen molar-refractivity contribution in [3.63, 3.8) is 0 Å². The van der Waals surface area contributed by atoms with Gasteiger partial charge >= 0.3 is 6.18 Å². The first-order valence-electron chi connectivity index (χ1n) is 9.49. The molecule has 4 rings (SSSR count). The third kappa shape index (κ3) is 4.66. The topological polar surface area (TPSA) is 67.4 Å². The second kappa shape index (κ2) is 8.70. The predicted molar refractivity (Wildman–Crippen MR) is 117 cm³/mol. The maximum atomic E-state index is 13.7. The monoisotopic (exact) mass is 504 g/mol. The number of amides is 1. The lowest BCUT2D eigenvalue weighted by atomic mass is 9.91. The molecule has 0 bridgehead atoms. The van der Waals surface area contributed by atoms with Gasteiger partial charge in [-0.2, -0.15) is 13.2 Å². The number of hydrogen-bond acceptors (Lipinski definition) is 4. The minimum absolute atomic E-state index is 0.135. The Morgan fingerprint density at radius 3 is 2.38 bits per heavy atom. The van der Waals surface area contributed by atoms with E-state index in [4.69, 9.17) is 28.0 Å². The normalized spacial score (nSPS) is 23.0. The van der Waals surface area contributed by atoms with E-state index >= 15 is 0 Å². The van der Waals surface area contributed by atoms with Crippen molar-refractivity contribution in [3.05, 3.63) is 74.5 Å². The molecule has 5 nitrogen and oxygen atoms in total. The molecule has 1 unspecified atom stereocenters. The molecule has 1 amide bonds. The number of hydrogen-bond donors (Lipinski definition) is 2. The van der Waals surface area contributed by atoms with Crippen LogP contribution in [0.1, 0.15) is 33.1 Å². The first kappa shape index (κ1) is 23.1. The van der Waals surface area contributed by atoms with Crippen LogP contribution in [-0.4, -0.2) is 33.8 Å². The molecule has 170 valence electrons. The lowest BCUT2D eigenvalue weighted by molar-refractivity contribution is -0.136. The number of benzene rings is 2. The van der Waals surface area contributed by atoms with E-state index in [2.05, 4.69) is 10.8 Å². The lowest BCUT2D eigenvalue weighted by Crippen LogP contribution is -2.50. The van der Waals surface area contributed by atoms with Crippen LogP contribution in [0.25, 0.3) is 5.57 Å². The standard InChI is InChI=1S/C21H17Cl2F3N2O3S/c1-10-4-11(2-3-16(10)20(29)27-15-8-32(30)9-15)18-17(19(31-28-18)21(24,25)26)12-5-13(22)7-14(23)6-12/h2-7,15,18,28H,8-9H2,1H3,(H,27,29). The summed E-state index contributed by atoms with van der Waals surface area (Å²) in [5, 5.41) is 3.18. The van der Waals surface area contributed by atoms with E-state index in [-0.39, 0.29) is 33.1 Å². The molecular formula is C21H17Cl2F3N2O3S. The summed E-state index contributed by atoms with van der Waals surface area (Å²) in [5.41, 5.74) is 3.87. The van der Waals surface area contributed by atoms with Gasteiger partial charge in [0.2, 0.25) is 5.76 Å². The van der Waals surface area contributed by atoms with Gasteiger partial charge < -0.3 is 10.2 Å². The fourth-order valence-corrected chi connectivity index (χ4v) is 5.18. The second-order valence-corrected chi connectivity index (χ2v) is 9.99. The number of carbonyl (C=O) groups is 1. The molecule has 2 aliphatic heterocycles. The number of nitrogens with one attached hydrogen (secondary N) is 2. The molecule has 1 fully saturated rings. The number of alkyl halides is 3. The van der Waals surface area contributed by atoms with E-state index < -0.39 is 28.8 Å². The van der Waals surface area contributed by atoms with Crippen molar-refractivity contribution in [2.45, 2.75) is 25.2 Å². The molecule has 11 heteroatoms. The van der Waals surface area contributed by atoms with Gasteiger partial charge in [0.15, 0.2) is 0 Å². The fraction of sp³-hybridized carbons (Fsp3) is 0.286. The van der Waals surface area contributed by atoms with Crippen molar-refractivity contribution < 1.29 is 27.0 Å². The minimum atomic E-state index is -4.75. The van der Waals surface area contributed by atoms with Crippen molar-refractivity contribution >= 4 is 45.5 Å². The molecule has 1 saturated heterocycles. The van der Waals surface area contributed by atoms with Gasteiger partial charge in [0.25, 0.3) is 5.91 Å². The molecule has 0 aliphatic carbocycles. The van der Waals surface area contributed by atoms with E-state index in [1.165, 1.54) is 18.2 Å². The molecule has 2 N–H and O–H groups in total. The van der Waals surface area contributed by atoms with Crippen LogP contribution in [0.5, 0.6) is 0 Å². The average molecular weight is 505 g/mol. The zero-order chi connectivity index (χ0) is 23.2. The first-order valence-corrected chi connectivity index (χ1v) is 11.7. The quantitative estimate of drug-likeness (QED) is 0.632. The van der Waals surface area contributed by atoms with Crippen molar-refractivity contribution in [3.8, 4) is 0 Å². The third-order valence-corrected chi connectivity index (χ3v) is 7.17. The molecule has 2 aromatic rings. The van der Waals surface area contributed by atoms with Crippen LogP contribution in [0, 0.1) is 6.92 Å². The van der Waals surface area contributed by atoms with E-state index in [9.17, 15) is 22.2 Å². The summed E-state index contributed by atoms with van der Waals surface area (Å²) in [6.45, 7) is 1.69. The Balaban J connectivity index is 1.68. The Kier molecular flexibility index (Phi) is 6.28. The molecule has 2 aromatic carbocycles. The van der Waals surface area contributed by atoms with Gasteiger partial charge in [-0.25, -0.2) is 0 Å². The van der Waals surface area contributed by atoms with Crippen LogP contribution < -0.4 is 10.8 Å². The van der Waals surface area contributed by atoms with Gasteiger partial charge in [-0.15, -0.1) is 5.48 Å². The van der Waals surface area contributed by atoms with Crippen LogP contribution in [-0.2, 0) is 15.6 Å². The molecule has 1 atom stereocenters. The minimum Gasteiger partial charge on any atom is -0.402 e. The summed E-state index contributed by atoms with van der Waals surface area (Å²) in [4.78, 5) is 17.4. The second-order valence-electron chi connectivity index (χ2n) is 7.57. The lowest BCUT2D eigenvalue weighted by Gasteiger charge is -2.26. The highest BCUT2D eigenvalue weighted by Gasteiger charge is 2.46. The van der Waals surface area contributed by atoms with Crippen LogP contribution in [0.2, 0.25) is 10.0 Å². The van der Waals surface area contributed by atoms with Crippen LogP contribution in [0.4, 0.5) is 13.2 Å². The summed E-state index contributed by atoms with van der Waals surface area (Å²) in [5.74, 6) is -0.663. The summed E-state index contributed by atoms with van der Waals surface area (Å²) in [6.07, 6.45) is -4.75. The van der Waals surface area contributed by atoms with Crippen molar-refractivity contribution in [1.29, 1.82) is 0 Å². The number of allylic oxidation sites excluding steroid dienone is 1. The average Bonchev–Trinajstić information content (AvgIpc) is 3.11. The Labute approximate surface area is 194 Å². The molecular weight excluding hydrogens is 488 g/mol. The van der Waals surface area contributed by atoms with Crippen LogP contribution in [0.15, 0.2) is 42.2 Å². The molecule has 0 radical (unpaired) electrons. The van der Waals surface area contributed by atoms with Gasteiger partial charge in [-0.3, -0.25) is 9.00 Å². The third-order valence-electron chi connectivity index (χ3n) is 5.18. The van der Waals surface area contributed by atoms with Gasteiger partial charge in [-0.05, 0) is 47.9 Å². The van der Waals surface area contributed by atoms with Gasteiger partial charge in [0.1, 0.15) is 0 Å². The smallest absolute Gasteiger partial charge is 0.402 e. The summed E-state index contributed by atoms with van der Waals surface area (Å²) < 4.78 is 52.2. The first-order chi connectivity index (χ1) is 15.0. The Hall–Kier alpha value is -2.07. The van der Waals surface area contributed by atoms with E-state index in [1.54, 1.807) is 25.1 Å². The predicted octanol–water partition coefficient (Wildman–Crippen LogP) is 4.71. The van der Waals surface area contributed by atoms with E-state index in [0.717, 1.165) is 0 Å². The molecule has 0 saturated carbocycles. The number of hydroxylamine groups is 1. The van der Waals surface area contributed by atoms with Gasteiger partial charge in [0.05, 0.1) is 12.1 Å². The number of aryl methyl sites for hydroxylation is 1. The SMILES string of the molecule is Cc1cc(C2NOC(C(F)(F)F)=C2c2cc(Cl)cc(Cl)c2)ccc1C(=O)NC1CS(=O)C1. The molecule has 0 spiro atoms. The number of carbonyl (C=O) groups excluding carboxylic acids is 1. The van der Waals surface area contributed by atoms with Gasteiger partial charge in [-0.1, -0.05) is 35.3 Å². The highest BCUT2D eigenvalue weighted by molar-refractivity contribution is 7.86. The number of halogens is 5. The maximum Gasteiger partial charge on any atom is 0.451 e. The highest BCUT2D eigenvalue weighted by Crippen LogP contribution is 2.45. The highest BCUT2D eigenvalue weighted by atomic mass is 35.5. The van der Waals surface area contributed by atoms with E-state index in [1.807, 2.05) is 0 Å². The zero-order valence-electron chi connectivity index (χ0n) is 16.6. The summed E-state index contributed by atoms with van der Waals surface area (Å²) >= 11 is 12.0. The van der Waals surface area contributed by atoms with Crippen molar-refractivity contribution in [1.82, 2.24) is 10.8 Å². The largest absolute Gasteiger partial charge is 0.451 e. The van der Waals surface area contributed by atoms with Crippen molar-refractivity contribution in [2.24, 2.45) is 0 Å². The van der Waals surface area contributed by atoms with Crippen LogP contribution >= 0.6 is 23.2 Å². The maximum absolute atomic E-state index is 13.7. The molecule has 0 aromatic heterocycles.